The first-order valence-electron chi connectivity index (χ1n) is 7.43. The van der Waals surface area contributed by atoms with Crippen molar-refractivity contribution in [2.24, 2.45) is 0 Å². The number of rotatable bonds is 2. The van der Waals surface area contributed by atoms with Crippen LogP contribution in [0.2, 0.25) is 0 Å². The molecule has 3 unspecified atom stereocenters. The van der Waals surface area contributed by atoms with E-state index in [0.29, 0.717) is 26.0 Å². The highest BCUT2D eigenvalue weighted by molar-refractivity contribution is 5.91. The molecule has 0 aliphatic carbocycles. The van der Waals surface area contributed by atoms with Gasteiger partial charge in [0.25, 0.3) is 0 Å². The Labute approximate surface area is 124 Å². The molecule has 0 saturated carbocycles. The topological polar surface area (TPSA) is 58.6 Å². The van der Waals surface area contributed by atoms with Crippen LogP contribution >= 0.6 is 0 Å². The normalized spacial score (nSPS) is 29.3. The molecule has 2 amide bonds. The summed E-state index contributed by atoms with van der Waals surface area (Å²) in [4.78, 5) is 25.7. The van der Waals surface area contributed by atoms with Gasteiger partial charge in [0.1, 0.15) is 12.1 Å². The first-order valence-corrected chi connectivity index (χ1v) is 7.43. The van der Waals surface area contributed by atoms with Gasteiger partial charge < -0.3 is 15.0 Å². The lowest BCUT2D eigenvalue weighted by atomic mass is 9.99. The van der Waals surface area contributed by atoms with Gasteiger partial charge in [-0.25, -0.2) is 0 Å². The second-order valence-electron chi connectivity index (χ2n) is 5.63. The Kier molecular flexibility index (Phi) is 3.92. The number of nitrogens with one attached hydrogen (secondary N) is 1. The lowest BCUT2D eigenvalue weighted by Gasteiger charge is -2.40. The van der Waals surface area contributed by atoms with Gasteiger partial charge in [-0.2, -0.15) is 0 Å². The first kappa shape index (κ1) is 14.1. The molecule has 5 heteroatoms. The highest BCUT2D eigenvalue weighted by Crippen LogP contribution is 2.29. The fourth-order valence-corrected chi connectivity index (χ4v) is 3.11. The second kappa shape index (κ2) is 5.85. The maximum absolute atomic E-state index is 12.6. The Morgan fingerprint density at radius 3 is 2.76 bits per heavy atom. The van der Waals surface area contributed by atoms with E-state index in [2.05, 4.69) is 5.32 Å². The van der Waals surface area contributed by atoms with Crippen molar-refractivity contribution in [3.05, 3.63) is 35.9 Å². The summed E-state index contributed by atoms with van der Waals surface area (Å²) in [7, 11) is 0. The minimum absolute atomic E-state index is 0.0116. The summed E-state index contributed by atoms with van der Waals surface area (Å²) in [5, 5.41) is 2.76. The molecule has 2 heterocycles. The fourth-order valence-electron chi connectivity index (χ4n) is 3.11. The van der Waals surface area contributed by atoms with Crippen LogP contribution in [0.5, 0.6) is 0 Å². The Balaban J connectivity index is 1.74. The average molecular weight is 288 g/mol. The van der Waals surface area contributed by atoms with Crippen LogP contribution in [-0.4, -0.2) is 41.9 Å². The standard InChI is InChI=1S/C16H20N2O3/c1-11-15(12-5-3-2-4-6-12)21-10-9-18(11)16(20)13-7-8-14(19)17-13/h2-6,11,13,15H,7-10H2,1H3,(H,17,19). The number of benzene rings is 1. The smallest absolute Gasteiger partial charge is 0.245 e. The van der Waals surface area contributed by atoms with Crippen LogP contribution in [0.3, 0.4) is 0 Å². The van der Waals surface area contributed by atoms with Crippen LogP contribution in [0.15, 0.2) is 30.3 Å². The molecule has 1 aromatic carbocycles. The van der Waals surface area contributed by atoms with Gasteiger partial charge in [0.2, 0.25) is 11.8 Å². The van der Waals surface area contributed by atoms with E-state index in [4.69, 9.17) is 4.74 Å². The van der Waals surface area contributed by atoms with Crippen LogP contribution in [0.1, 0.15) is 31.4 Å². The molecule has 21 heavy (non-hydrogen) atoms. The second-order valence-corrected chi connectivity index (χ2v) is 5.63. The van der Waals surface area contributed by atoms with Crippen molar-refractivity contribution in [1.29, 1.82) is 0 Å². The fraction of sp³-hybridized carbons (Fsp3) is 0.500. The molecule has 112 valence electrons. The number of nitrogens with zero attached hydrogens (tertiary/aromatic N) is 1. The zero-order valence-corrected chi connectivity index (χ0v) is 12.1. The van der Waals surface area contributed by atoms with Crippen LogP contribution in [0, 0.1) is 0 Å². The number of carbonyl (C=O) groups excluding carboxylic acids is 2. The molecule has 3 atom stereocenters. The quantitative estimate of drug-likeness (QED) is 0.891. The maximum Gasteiger partial charge on any atom is 0.245 e. The van der Waals surface area contributed by atoms with Gasteiger partial charge in [0, 0.05) is 13.0 Å². The summed E-state index contributed by atoms with van der Waals surface area (Å²) < 4.78 is 5.86. The van der Waals surface area contributed by atoms with Crippen LogP contribution in [0.25, 0.3) is 0 Å². The van der Waals surface area contributed by atoms with E-state index in [0.717, 1.165) is 5.56 Å². The van der Waals surface area contributed by atoms with Gasteiger partial charge in [-0.05, 0) is 18.9 Å². The van der Waals surface area contributed by atoms with Crippen molar-refractivity contribution < 1.29 is 14.3 Å². The number of morpholine rings is 1. The summed E-state index contributed by atoms with van der Waals surface area (Å²) in [6.07, 6.45) is 0.927. The van der Waals surface area contributed by atoms with E-state index in [1.807, 2.05) is 42.2 Å². The van der Waals surface area contributed by atoms with Gasteiger partial charge in [-0.1, -0.05) is 30.3 Å². The summed E-state index contributed by atoms with van der Waals surface area (Å²) in [6.45, 7) is 3.11. The van der Waals surface area contributed by atoms with Gasteiger partial charge in [0.05, 0.1) is 12.6 Å². The molecule has 1 aromatic rings. The highest BCUT2D eigenvalue weighted by atomic mass is 16.5. The third-order valence-corrected chi connectivity index (χ3v) is 4.26. The number of hydrogen-bond donors (Lipinski definition) is 1. The van der Waals surface area contributed by atoms with E-state index in [9.17, 15) is 9.59 Å². The lowest BCUT2D eigenvalue weighted by Crippen LogP contribution is -2.54. The Bertz CT molecular complexity index is 532. The SMILES string of the molecule is CC1C(c2ccccc2)OCCN1C(=O)C1CCC(=O)N1. The third-order valence-electron chi connectivity index (χ3n) is 4.26. The average Bonchev–Trinajstić information content (AvgIpc) is 2.94. The number of carbonyl (C=O) groups is 2. The van der Waals surface area contributed by atoms with Gasteiger partial charge >= 0.3 is 0 Å². The molecule has 3 rings (SSSR count). The first-order chi connectivity index (χ1) is 10.2. The van der Waals surface area contributed by atoms with Gasteiger partial charge in [-0.3, -0.25) is 9.59 Å². The maximum atomic E-state index is 12.6. The van der Waals surface area contributed by atoms with Crippen LogP contribution in [0.4, 0.5) is 0 Å². The molecule has 2 saturated heterocycles. The van der Waals surface area contributed by atoms with Gasteiger partial charge in [0.15, 0.2) is 0 Å². The summed E-state index contributed by atoms with van der Waals surface area (Å²) in [5.41, 5.74) is 1.08. The predicted octanol–water partition coefficient (Wildman–Crippen LogP) is 1.25. The number of amides is 2. The minimum atomic E-state index is -0.366. The monoisotopic (exact) mass is 288 g/mol. The van der Waals surface area contributed by atoms with Crippen molar-refractivity contribution in [2.75, 3.05) is 13.2 Å². The van der Waals surface area contributed by atoms with Crippen molar-refractivity contribution in [3.8, 4) is 0 Å². The Morgan fingerprint density at radius 2 is 2.10 bits per heavy atom. The summed E-state index contributed by atoms with van der Waals surface area (Å²) in [6, 6.07) is 9.56. The number of hydrogen-bond acceptors (Lipinski definition) is 3. The molecule has 0 aromatic heterocycles. The largest absolute Gasteiger partial charge is 0.370 e. The molecule has 2 aliphatic heterocycles. The lowest BCUT2D eigenvalue weighted by molar-refractivity contribution is -0.148. The number of ether oxygens (including phenoxy) is 1. The molecule has 0 spiro atoms. The minimum Gasteiger partial charge on any atom is -0.370 e. The van der Waals surface area contributed by atoms with E-state index in [1.54, 1.807) is 0 Å². The van der Waals surface area contributed by atoms with Crippen molar-refractivity contribution >= 4 is 11.8 Å². The predicted molar refractivity (Wildman–Crippen MR) is 77.5 cm³/mol. The van der Waals surface area contributed by atoms with E-state index < -0.39 is 0 Å². The Morgan fingerprint density at radius 1 is 1.33 bits per heavy atom. The Hall–Kier alpha value is -1.88. The molecule has 2 fully saturated rings. The van der Waals surface area contributed by atoms with E-state index >= 15 is 0 Å². The molecule has 1 N–H and O–H groups in total. The summed E-state index contributed by atoms with van der Waals surface area (Å²) >= 11 is 0. The van der Waals surface area contributed by atoms with Crippen molar-refractivity contribution in [2.45, 2.75) is 38.0 Å². The zero-order chi connectivity index (χ0) is 14.8. The zero-order valence-electron chi connectivity index (χ0n) is 12.1. The van der Waals surface area contributed by atoms with E-state index in [-0.39, 0.29) is 30.0 Å². The van der Waals surface area contributed by atoms with Crippen LogP contribution in [-0.2, 0) is 14.3 Å². The molecule has 5 nitrogen and oxygen atoms in total. The van der Waals surface area contributed by atoms with E-state index in [1.165, 1.54) is 0 Å². The van der Waals surface area contributed by atoms with Crippen LogP contribution < -0.4 is 5.32 Å². The molecule has 0 bridgehead atoms. The molecule has 0 radical (unpaired) electrons. The molecular formula is C16H20N2O3. The van der Waals surface area contributed by atoms with Crippen molar-refractivity contribution in [3.63, 3.8) is 0 Å². The molecule has 2 aliphatic rings. The van der Waals surface area contributed by atoms with Gasteiger partial charge in [-0.15, -0.1) is 0 Å². The third kappa shape index (κ3) is 2.78. The molecular weight excluding hydrogens is 268 g/mol. The summed E-state index contributed by atoms with van der Waals surface area (Å²) in [5.74, 6) is -0.0218. The van der Waals surface area contributed by atoms with Crippen molar-refractivity contribution in [1.82, 2.24) is 10.2 Å². The highest BCUT2D eigenvalue weighted by Gasteiger charge is 2.37.